The van der Waals surface area contributed by atoms with Crippen LogP contribution in [0.3, 0.4) is 0 Å². The maximum atomic E-state index is 13.6. The molecule has 0 N–H and O–H groups in total. The number of pyridine rings is 1. The van der Waals surface area contributed by atoms with Gasteiger partial charge in [0, 0.05) is 10.9 Å². The highest BCUT2D eigenvalue weighted by Gasteiger charge is 2.12. The largest absolute Gasteiger partial charge is 0.496 e. The number of ether oxygens (including phenoxy) is 2. The van der Waals surface area contributed by atoms with Crippen LogP contribution in [0, 0.1) is 12.7 Å². The van der Waals surface area contributed by atoms with Crippen molar-refractivity contribution < 1.29 is 13.9 Å². The Balaban J connectivity index is 1.70. The number of fused-ring (bicyclic) bond motifs is 1. The zero-order valence-corrected chi connectivity index (χ0v) is 18.1. The van der Waals surface area contributed by atoms with Gasteiger partial charge in [0.1, 0.15) is 17.3 Å². The highest BCUT2D eigenvalue weighted by molar-refractivity contribution is 5.86. The van der Waals surface area contributed by atoms with E-state index in [0.717, 1.165) is 69.8 Å². The fraction of sp³-hybridized carbons (Fsp3) is 0.222. The van der Waals surface area contributed by atoms with Crippen LogP contribution in [-0.4, -0.2) is 18.7 Å². The van der Waals surface area contributed by atoms with E-state index in [1.165, 1.54) is 12.1 Å². The second kappa shape index (κ2) is 9.17. The number of methoxy groups -OCH3 is 1. The highest BCUT2D eigenvalue weighted by Crippen LogP contribution is 2.35. The first-order valence-corrected chi connectivity index (χ1v) is 10.6. The van der Waals surface area contributed by atoms with Gasteiger partial charge in [0.2, 0.25) is 0 Å². The summed E-state index contributed by atoms with van der Waals surface area (Å²) in [5.41, 5.74) is 5.55. The Hall–Kier alpha value is -3.40. The van der Waals surface area contributed by atoms with E-state index in [1.54, 1.807) is 13.2 Å². The molecule has 1 heterocycles. The van der Waals surface area contributed by atoms with Gasteiger partial charge in [-0.05, 0) is 78.6 Å². The Labute approximate surface area is 182 Å². The van der Waals surface area contributed by atoms with E-state index in [0.29, 0.717) is 0 Å². The van der Waals surface area contributed by atoms with Crippen molar-refractivity contribution in [2.75, 3.05) is 13.7 Å². The summed E-state index contributed by atoms with van der Waals surface area (Å²) < 4.78 is 25.2. The van der Waals surface area contributed by atoms with Gasteiger partial charge >= 0.3 is 0 Å². The molecule has 0 amide bonds. The molecule has 3 aromatic carbocycles. The quantitative estimate of drug-likeness (QED) is 0.299. The van der Waals surface area contributed by atoms with Crippen LogP contribution in [0.25, 0.3) is 33.3 Å². The zero-order valence-electron chi connectivity index (χ0n) is 18.1. The minimum Gasteiger partial charge on any atom is -0.496 e. The Morgan fingerprint density at radius 2 is 1.77 bits per heavy atom. The first kappa shape index (κ1) is 20.9. The smallest absolute Gasteiger partial charge is 0.128 e. The summed E-state index contributed by atoms with van der Waals surface area (Å²) in [6.45, 7) is 4.84. The topological polar surface area (TPSA) is 31.4 Å². The molecule has 0 bridgehead atoms. The molecular weight excluding hydrogens is 389 g/mol. The Kier molecular flexibility index (Phi) is 6.17. The van der Waals surface area contributed by atoms with Crippen LogP contribution in [0.1, 0.15) is 25.3 Å². The number of unbranched alkanes of at least 4 members (excludes halogenated alkanes) is 1. The van der Waals surface area contributed by atoms with Crippen molar-refractivity contribution >= 4 is 10.9 Å². The minimum atomic E-state index is -0.256. The first-order chi connectivity index (χ1) is 15.1. The zero-order chi connectivity index (χ0) is 21.8. The molecule has 0 aliphatic heterocycles. The van der Waals surface area contributed by atoms with Crippen LogP contribution in [0.4, 0.5) is 4.39 Å². The molecule has 158 valence electrons. The molecule has 31 heavy (non-hydrogen) atoms. The molecule has 3 nitrogen and oxygen atoms in total. The van der Waals surface area contributed by atoms with Crippen molar-refractivity contribution in [1.82, 2.24) is 4.98 Å². The van der Waals surface area contributed by atoms with Gasteiger partial charge < -0.3 is 9.47 Å². The average molecular weight is 416 g/mol. The number of hydrogen-bond donors (Lipinski definition) is 0. The highest BCUT2D eigenvalue weighted by atomic mass is 19.1. The summed E-state index contributed by atoms with van der Waals surface area (Å²) in [5.74, 6) is 1.35. The van der Waals surface area contributed by atoms with Crippen molar-refractivity contribution in [3.8, 4) is 33.9 Å². The lowest BCUT2D eigenvalue weighted by Gasteiger charge is -2.13. The fourth-order valence-electron chi connectivity index (χ4n) is 3.69. The van der Waals surface area contributed by atoms with Crippen molar-refractivity contribution in [2.45, 2.75) is 26.7 Å². The van der Waals surface area contributed by atoms with Crippen molar-refractivity contribution in [3.05, 3.63) is 78.1 Å². The van der Waals surface area contributed by atoms with Gasteiger partial charge in [0.05, 0.1) is 24.9 Å². The lowest BCUT2D eigenvalue weighted by Crippen LogP contribution is -1.96. The molecule has 0 aliphatic rings. The maximum Gasteiger partial charge on any atom is 0.128 e. The SMILES string of the molecule is CCCCOc1cccc(-c2ccc(-c3cc(C)c4cc(F)ccc4n3)c(OC)c2)c1. The van der Waals surface area contributed by atoms with Crippen LogP contribution in [0.15, 0.2) is 66.7 Å². The molecule has 0 unspecified atom stereocenters. The molecule has 4 heteroatoms. The van der Waals surface area contributed by atoms with Gasteiger partial charge in [-0.15, -0.1) is 0 Å². The summed E-state index contributed by atoms with van der Waals surface area (Å²) in [5, 5.41) is 0.819. The minimum absolute atomic E-state index is 0.256. The van der Waals surface area contributed by atoms with Crippen molar-refractivity contribution in [2.24, 2.45) is 0 Å². The van der Waals surface area contributed by atoms with Gasteiger partial charge in [0.15, 0.2) is 0 Å². The van der Waals surface area contributed by atoms with Crippen molar-refractivity contribution in [1.29, 1.82) is 0 Å². The van der Waals surface area contributed by atoms with Crippen LogP contribution in [0.5, 0.6) is 11.5 Å². The average Bonchev–Trinajstić information content (AvgIpc) is 2.79. The maximum absolute atomic E-state index is 13.6. The van der Waals surface area contributed by atoms with Crippen LogP contribution >= 0.6 is 0 Å². The Morgan fingerprint density at radius 3 is 2.58 bits per heavy atom. The normalized spacial score (nSPS) is 11.0. The summed E-state index contributed by atoms with van der Waals surface area (Å²) in [7, 11) is 1.66. The molecular formula is C27H26FNO2. The van der Waals surface area contributed by atoms with E-state index in [1.807, 2.05) is 37.3 Å². The molecule has 0 fully saturated rings. The molecule has 0 atom stereocenters. The third-order valence-corrected chi connectivity index (χ3v) is 5.39. The predicted octanol–water partition coefficient (Wildman–Crippen LogP) is 7.20. The third-order valence-electron chi connectivity index (χ3n) is 5.39. The number of aromatic nitrogens is 1. The predicted molar refractivity (Wildman–Crippen MR) is 124 cm³/mol. The summed E-state index contributed by atoms with van der Waals surface area (Å²) in [6.07, 6.45) is 2.15. The number of rotatable bonds is 7. The van der Waals surface area contributed by atoms with E-state index in [9.17, 15) is 4.39 Å². The lowest BCUT2D eigenvalue weighted by atomic mass is 9.99. The number of hydrogen-bond acceptors (Lipinski definition) is 3. The van der Waals surface area contributed by atoms with Crippen molar-refractivity contribution in [3.63, 3.8) is 0 Å². The molecule has 4 rings (SSSR count). The fourth-order valence-corrected chi connectivity index (χ4v) is 3.69. The number of aryl methyl sites for hydroxylation is 1. The number of benzene rings is 3. The van der Waals surface area contributed by atoms with Gasteiger partial charge in [-0.2, -0.15) is 0 Å². The van der Waals surface area contributed by atoms with Crippen LogP contribution < -0.4 is 9.47 Å². The molecule has 0 radical (unpaired) electrons. The van der Waals surface area contributed by atoms with Gasteiger partial charge in [-0.1, -0.05) is 31.5 Å². The summed E-state index contributed by atoms with van der Waals surface area (Å²) in [6, 6.07) is 20.9. The Bertz CT molecular complexity index is 1220. The standard InChI is InChI=1S/C27H26FNO2/c1-4-5-13-31-22-8-6-7-19(15-22)20-9-11-23(27(16-20)30-3)26-14-18(2)24-17-21(28)10-12-25(24)29-26/h6-12,14-17H,4-5,13H2,1-3H3. The second-order valence-corrected chi connectivity index (χ2v) is 7.63. The third kappa shape index (κ3) is 4.53. The first-order valence-electron chi connectivity index (χ1n) is 10.6. The molecule has 0 saturated carbocycles. The number of halogens is 1. The van der Waals surface area contributed by atoms with E-state index in [2.05, 4.69) is 25.1 Å². The lowest BCUT2D eigenvalue weighted by molar-refractivity contribution is 0.309. The molecule has 4 aromatic rings. The van der Waals surface area contributed by atoms with Crippen LogP contribution in [-0.2, 0) is 0 Å². The molecule has 0 aliphatic carbocycles. The number of nitrogens with zero attached hydrogens (tertiary/aromatic N) is 1. The van der Waals surface area contributed by atoms with Gasteiger partial charge in [-0.25, -0.2) is 9.37 Å². The molecule has 0 saturated heterocycles. The van der Waals surface area contributed by atoms with E-state index < -0.39 is 0 Å². The molecule has 0 spiro atoms. The second-order valence-electron chi connectivity index (χ2n) is 7.63. The van der Waals surface area contributed by atoms with E-state index in [4.69, 9.17) is 14.5 Å². The van der Waals surface area contributed by atoms with E-state index in [-0.39, 0.29) is 5.82 Å². The molecule has 1 aromatic heterocycles. The summed E-state index contributed by atoms with van der Waals surface area (Å²) >= 11 is 0. The van der Waals surface area contributed by atoms with Gasteiger partial charge in [0.25, 0.3) is 0 Å². The van der Waals surface area contributed by atoms with E-state index >= 15 is 0 Å². The van der Waals surface area contributed by atoms with Crippen LogP contribution in [0.2, 0.25) is 0 Å². The van der Waals surface area contributed by atoms with Gasteiger partial charge in [-0.3, -0.25) is 0 Å². The Morgan fingerprint density at radius 1 is 0.935 bits per heavy atom. The summed E-state index contributed by atoms with van der Waals surface area (Å²) in [4.78, 5) is 4.75. The monoisotopic (exact) mass is 415 g/mol.